The van der Waals surface area contributed by atoms with Gasteiger partial charge in [-0.25, -0.2) is 9.78 Å². The Morgan fingerprint density at radius 2 is 2.35 bits per heavy atom. The molecule has 17 heavy (non-hydrogen) atoms. The maximum atomic E-state index is 11.5. The van der Waals surface area contributed by atoms with E-state index in [1.165, 1.54) is 25.6 Å². The van der Waals surface area contributed by atoms with Gasteiger partial charge in [0.05, 0.1) is 25.4 Å². The minimum absolute atomic E-state index is 0.0674. The van der Waals surface area contributed by atoms with Gasteiger partial charge in [0.25, 0.3) is 0 Å². The van der Waals surface area contributed by atoms with Gasteiger partial charge >= 0.3 is 5.97 Å². The Morgan fingerprint density at radius 3 is 2.94 bits per heavy atom. The number of hydrogen-bond acceptors (Lipinski definition) is 7. The summed E-state index contributed by atoms with van der Waals surface area (Å²) in [5, 5.41) is 0. The predicted molar refractivity (Wildman–Crippen MR) is 59.7 cm³/mol. The van der Waals surface area contributed by atoms with Gasteiger partial charge in [-0.1, -0.05) is 0 Å². The lowest BCUT2D eigenvalue weighted by Gasteiger charge is -1.96. The van der Waals surface area contributed by atoms with Crippen LogP contribution in [0.5, 0.6) is 0 Å². The zero-order chi connectivity index (χ0) is 12.3. The molecule has 0 aliphatic rings. The molecule has 2 aromatic rings. The standard InChI is InChI=1S/C10H10N2O4S/c1-14-4-6-8(10(13)15-2)16-9(12-6)7-3-11-5-17-7/h3,5H,4H2,1-2H3. The van der Waals surface area contributed by atoms with Crippen molar-refractivity contribution < 1.29 is 18.7 Å². The van der Waals surface area contributed by atoms with E-state index in [0.29, 0.717) is 11.6 Å². The number of thiazole rings is 1. The van der Waals surface area contributed by atoms with Crippen LogP contribution in [0.2, 0.25) is 0 Å². The van der Waals surface area contributed by atoms with E-state index in [1.807, 2.05) is 0 Å². The summed E-state index contributed by atoms with van der Waals surface area (Å²) in [6, 6.07) is 0. The highest BCUT2D eigenvalue weighted by Crippen LogP contribution is 2.25. The van der Waals surface area contributed by atoms with Crippen molar-refractivity contribution >= 4 is 17.3 Å². The molecule has 2 aromatic heterocycles. The lowest BCUT2D eigenvalue weighted by molar-refractivity contribution is 0.0559. The quantitative estimate of drug-likeness (QED) is 0.773. The lowest BCUT2D eigenvalue weighted by Crippen LogP contribution is -2.04. The molecule has 0 unspecified atom stereocenters. The summed E-state index contributed by atoms with van der Waals surface area (Å²) >= 11 is 1.38. The van der Waals surface area contributed by atoms with Gasteiger partial charge in [0.2, 0.25) is 11.7 Å². The van der Waals surface area contributed by atoms with Gasteiger partial charge in [0, 0.05) is 7.11 Å². The van der Waals surface area contributed by atoms with Crippen molar-refractivity contribution in [3.63, 3.8) is 0 Å². The van der Waals surface area contributed by atoms with Gasteiger partial charge in [-0.05, 0) is 0 Å². The molecule has 2 rings (SSSR count). The number of methoxy groups -OCH3 is 2. The molecule has 0 aliphatic carbocycles. The third-order valence-electron chi connectivity index (χ3n) is 1.99. The summed E-state index contributed by atoms with van der Waals surface area (Å²) in [4.78, 5) is 20.3. The second kappa shape index (κ2) is 5.07. The van der Waals surface area contributed by atoms with E-state index in [0.717, 1.165) is 4.88 Å². The molecule has 0 saturated carbocycles. The maximum absolute atomic E-state index is 11.5. The molecular weight excluding hydrogens is 244 g/mol. The Morgan fingerprint density at radius 1 is 1.53 bits per heavy atom. The highest BCUT2D eigenvalue weighted by molar-refractivity contribution is 7.13. The Bertz CT molecular complexity index is 506. The van der Waals surface area contributed by atoms with Crippen LogP contribution in [0, 0.1) is 0 Å². The largest absolute Gasteiger partial charge is 0.463 e. The number of hydrogen-bond donors (Lipinski definition) is 0. The van der Waals surface area contributed by atoms with Crippen molar-refractivity contribution in [2.45, 2.75) is 6.61 Å². The van der Waals surface area contributed by atoms with Crippen molar-refractivity contribution in [3.05, 3.63) is 23.2 Å². The number of nitrogens with zero attached hydrogens (tertiary/aromatic N) is 2. The Balaban J connectivity index is 2.40. The number of carbonyl (C=O) groups is 1. The van der Waals surface area contributed by atoms with E-state index >= 15 is 0 Å². The number of esters is 1. The first kappa shape index (κ1) is 11.7. The number of oxazole rings is 1. The van der Waals surface area contributed by atoms with Crippen molar-refractivity contribution in [2.24, 2.45) is 0 Å². The smallest absolute Gasteiger partial charge is 0.376 e. The van der Waals surface area contributed by atoms with Crippen LogP contribution in [0.25, 0.3) is 10.8 Å². The summed E-state index contributed by atoms with van der Waals surface area (Å²) in [7, 11) is 2.80. The fourth-order valence-corrected chi connectivity index (χ4v) is 1.81. The zero-order valence-electron chi connectivity index (χ0n) is 9.30. The molecule has 7 heteroatoms. The molecule has 0 spiro atoms. The van der Waals surface area contributed by atoms with Gasteiger partial charge in [-0.3, -0.25) is 4.98 Å². The van der Waals surface area contributed by atoms with Gasteiger partial charge in [0.1, 0.15) is 10.6 Å². The molecule has 0 fully saturated rings. The second-order valence-corrected chi connectivity index (χ2v) is 3.97. The fraction of sp³-hybridized carbons (Fsp3) is 0.300. The monoisotopic (exact) mass is 254 g/mol. The molecule has 0 bridgehead atoms. The third-order valence-corrected chi connectivity index (χ3v) is 2.75. The molecule has 0 amide bonds. The van der Waals surface area contributed by atoms with Crippen molar-refractivity contribution in [1.82, 2.24) is 9.97 Å². The number of rotatable bonds is 4. The van der Waals surface area contributed by atoms with Gasteiger partial charge in [0.15, 0.2) is 0 Å². The molecule has 0 atom stereocenters. The topological polar surface area (TPSA) is 74.5 Å². The van der Waals surface area contributed by atoms with Crippen LogP contribution in [-0.4, -0.2) is 30.2 Å². The van der Waals surface area contributed by atoms with Crippen molar-refractivity contribution in [1.29, 1.82) is 0 Å². The molecule has 2 heterocycles. The Hall–Kier alpha value is -1.73. The average Bonchev–Trinajstić information content (AvgIpc) is 2.96. The zero-order valence-corrected chi connectivity index (χ0v) is 10.1. The van der Waals surface area contributed by atoms with Gasteiger partial charge in [-0.2, -0.15) is 0 Å². The molecule has 90 valence electrons. The first-order valence-corrected chi connectivity index (χ1v) is 5.60. The summed E-state index contributed by atoms with van der Waals surface area (Å²) < 4.78 is 14.9. The molecule has 0 aromatic carbocycles. The molecule has 0 radical (unpaired) electrons. The fourth-order valence-electron chi connectivity index (χ4n) is 1.27. The minimum Gasteiger partial charge on any atom is -0.463 e. The molecular formula is C10H10N2O4S. The first-order chi connectivity index (χ1) is 8.26. The molecule has 0 aliphatic heterocycles. The first-order valence-electron chi connectivity index (χ1n) is 4.72. The average molecular weight is 254 g/mol. The van der Waals surface area contributed by atoms with Crippen LogP contribution in [0.15, 0.2) is 16.1 Å². The van der Waals surface area contributed by atoms with E-state index in [9.17, 15) is 4.79 Å². The minimum atomic E-state index is -0.569. The van der Waals surface area contributed by atoms with Gasteiger partial charge in [-0.15, -0.1) is 11.3 Å². The Kier molecular flexibility index (Phi) is 3.50. The lowest BCUT2D eigenvalue weighted by atomic mass is 10.3. The maximum Gasteiger partial charge on any atom is 0.376 e. The third kappa shape index (κ3) is 2.34. The molecule has 0 saturated heterocycles. The van der Waals surface area contributed by atoms with Crippen LogP contribution in [0.4, 0.5) is 0 Å². The van der Waals surface area contributed by atoms with Crippen LogP contribution in [-0.2, 0) is 16.1 Å². The van der Waals surface area contributed by atoms with E-state index in [2.05, 4.69) is 14.7 Å². The van der Waals surface area contributed by atoms with E-state index in [-0.39, 0.29) is 12.4 Å². The normalized spacial score (nSPS) is 10.5. The highest BCUT2D eigenvalue weighted by atomic mass is 32.1. The number of aromatic nitrogens is 2. The number of ether oxygens (including phenoxy) is 2. The molecule has 0 N–H and O–H groups in total. The summed E-state index contributed by atoms with van der Waals surface area (Å²) in [5.74, 6) is -0.155. The summed E-state index contributed by atoms with van der Waals surface area (Å²) in [6.45, 7) is 0.187. The summed E-state index contributed by atoms with van der Waals surface area (Å²) in [6.07, 6.45) is 1.62. The predicted octanol–water partition coefficient (Wildman–Crippen LogP) is 1.73. The van der Waals surface area contributed by atoms with Crippen LogP contribution >= 0.6 is 11.3 Å². The SMILES string of the molecule is COCc1nc(-c2cncs2)oc1C(=O)OC. The van der Waals surface area contributed by atoms with Crippen molar-refractivity contribution in [2.75, 3.05) is 14.2 Å². The van der Waals surface area contributed by atoms with Crippen molar-refractivity contribution in [3.8, 4) is 10.8 Å². The Labute approximate surface area is 101 Å². The van der Waals surface area contributed by atoms with Gasteiger partial charge < -0.3 is 13.9 Å². The van der Waals surface area contributed by atoms with Crippen LogP contribution < -0.4 is 0 Å². The second-order valence-electron chi connectivity index (χ2n) is 3.09. The summed E-state index contributed by atoms with van der Waals surface area (Å²) in [5.41, 5.74) is 2.08. The van der Waals surface area contributed by atoms with E-state index in [4.69, 9.17) is 9.15 Å². The van der Waals surface area contributed by atoms with Crippen LogP contribution in [0.3, 0.4) is 0 Å². The number of carbonyl (C=O) groups excluding carboxylic acids is 1. The molecule has 6 nitrogen and oxygen atoms in total. The van der Waals surface area contributed by atoms with Crippen LogP contribution in [0.1, 0.15) is 16.2 Å². The van der Waals surface area contributed by atoms with E-state index < -0.39 is 5.97 Å². The van der Waals surface area contributed by atoms with E-state index in [1.54, 1.807) is 11.7 Å². The highest BCUT2D eigenvalue weighted by Gasteiger charge is 2.21.